The molecular formula is C58H46CoF12N6OP2. The summed E-state index contributed by atoms with van der Waals surface area (Å²) in [6.07, 6.45) is 9.72. The quantitative estimate of drug-likeness (QED) is 0.111. The third kappa shape index (κ3) is 22.9. The first-order valence-electron chi connectivity index (χ1n) is 23.9. The standard InChI is InChI=1S/2C27H19N3.C4H8O.Co.2F6P/c2*1-2-8-20(9-3-1)21-12-14-22(15-13-21)23-18-26(24-10-4-6-16-28-24)30-27(19-23)25-11-5-7-17-29-25;1-2-4-5-3-1;;2*1-7(2,3,4,5)6/h2*1-19H;1-4H2;;;/q;;;+2;2*-1. The summed E-state index contributed by atoms with van der Waals surface area (Å²) in [4.78, 5) is 27.6. The minimum atomic E-state index is -10.7. The van der Waals surface area contributed by atoms with E-state index in [-0.39, 0.29) is 16.8 Å². The molecule has 0 spiro atoms. The van der Waals surface area contributed by atoms with Gasteiger partial charge in [-0.05, 0) is 130 Å². The molecule has 4 aromatic carbocycles. The van der Waals surface area contributed by atoms with E-state index in [1.807, 2.05) is 84.9 Å². The van der Waals surface area contributed by atoms with Crippen LogP contribution in [-0.4, -0.2) is 43.1 Å². The predicted octanol–water partition coefficient (Wildman–Crippen LogP) is 20.6. The number of benzene rings is 4. The molecule has 11 rings (SSSR count). The van der Waals surface area contributed by atoms with E-state index < -0.39 is 15.6 Å². The molecule has 1 saturated heterocycles. The first-order chi connectivity index (χ1) is 37.1. The molecule has 0 amide bonds. The molecule has 7 heterocycles. The normalized spacial score (nSPS) is 13.6. The van der Waals surface area contributed by atoms with Crippen LogP contribution in [-0.2, 0) is 21.5 Å². The van der Waals surface area contributed by atoms with Crippen molar-refractivity contribution in [3.63, 3.8) is 0 Å². The molecule has 22 heteroatoms. The molecule has 1 aliphatic heterocycles. The summed E-state index contributed by atoms with van der Waals surface area (Å²) in [5, 5.41) is 0. The number of hydrogen-bond donors (Lipinski definition) is 0. The van der Waals surface area contributed by atoms with E-state index in [4.69, 9.17) is 14.7 Å². The van der Waals surface area contributed by atoms with Crippen molar-refractivity contribution in [2.45, 2.75) is 12.8 Å². The maximum Gasteiger partial charge on any atom is 2.00 e. The summed E-state index contributed by atoms with van der Waals surface area (Å²) in [6.45, 7) is 2.00. The molecule has 0 N–H and O–H groups in total. The molecular weight excluding hydrogens is 1150 g/mol. The summed E-state index contributed by atoms with van der Waals surface area (Å²) < 4.78 is 123. The van der Waals surface area contributed by atoms with Crippen molar-refractivity contribution in [2.24, 2.45) is 0 Å². The van der Waals surface area contributed by atoms with Gasteiger partial charge in [0, 0.05) is 38.0 Å². The zero-order chi connectivity index (χ0) is 56.7. The third-order valence-electron chi connectivity index (χ3n) is 10.8. The first kappa shape index (κ1) is 61.5. The topological polar surface area (TPSA) is 86.6 Å². The van der Waals surface area contributed by atoms with Gasteiger partial charge >= 0.3 is 82.8 Å². The van der Waals surface area contributed by atoms with Crippen molar-refractivity contribution in [1.82, 2.24) is 29.9 Å². The van der Waals surface area contributed by atoms with Gasteiger partial charge in [-0.15, -0.1) is 0 Å². The van der Waals surface area contributed by atoms with Gasteiger partial charge in [0.15, 0.2) is 0 Å². The second kappa shape index (κ2) is 24.7. The Morgan fingerprint density at radius 2 is 0.475 bits per heavy atom. The zero-order valence-electron chi connectivity index (χ0n) is 41.6. The second-order valence-electron chi connectivity index (χ2n) is 17.2. The zero-order valence-corrected chi connectivity index (χ0v) is 44.5. The molecule has 0 bridgehead atoms. The number of rotatable bonds is 8. The van der Waals surface area contributed by atoms with Gasteiger partial charge < -0.3 is 4.74 Å². The Labute approximate surface area is 462 Å². The van der Waals surface area contributed by atoms with Crippen molar-refractivity contribution in [3.8, 4) is 90.1 Å². The summed E-state index contributed by atoms with van der Waals surface area (Å²) in [5.74, 6) is 0. The Bertz CT molecular complexity index is 3160. The summed E-state index contributed by atoms with van der Waals surface area (Å²) in [6, 6.07) is 69.9. The Hall–Kier alpha value is -7.73. The van der Waals surface area contributed by atoms with E-state index in [1.165, 1.54) is 35.1 Å². The van der Waals surface area contributed by atoms with E-state index in [0.717, 1.165) is 81.0 Å². The second-order valence-corrected chi connectivity index (χ2v) is 21.1. The maximum atomic E-state index is 9.87. The van der Waals surface area contributed by atoms with Crippen LogP contribution in [0.2, 0.25) is 0 Å². The Balaban J connectivity index is 0.000000193. The van der Waals surface area contributed by atoms with Crippen molar-refractivity contribution in [2.75, 3.05) is 13.2 Å². The number of pyridine rings is 6. The molecule has 0 unspecified atom stereocenters. The molecule has 0 aliphatic carbocycles. The van der Waals surface area contributed by atoms with Crippen LogP contribution >= 0.6 is 15.6 Å². The van der Waals surface area contributed by atoms with Gasteiger partial charge in [0.05, 0.1) is 45.6 Å². The van der Waals surface area contributed by atoms with Gasteiger partial charge in [-0.1, -0.05) is 133 Å². The van der Waals surface area contributed by atoms with Crippen molar-refractivity contribution in [3.05, 3.63) is 231 Å². The fraction of sp³-hybridized carbons (Fsp3) is 0.0690. The molecule has 0 saturated carbocycles. The molecule has 1 fully saturated rings. The Kier molecular flexibility index (Phi) is 19.0. The van der Waals surface area contributed by atoms with Crippen molar-refractivity contribution in [1.29, 1.82) is 0 Å². The number of hydrogen-bond acceptors (Lipinski definition) is 7. The van der Waals surface area contributed by atoms with Gasteiger partial charge in [-0.3, -0.25) is 19.9 Å². The number of nitrogens with zero attached hydrogens (tertiary/aromatic N) is 6. The molecule has 1 radical (unpaired) electrons. The molecule has 10 aromatic rings. The van der Waals surface area contributed by atoms with E-state index in [9.17, 15) is 50.4 Å². The average Bonchev–Trinajstić information content (AvgIpc) is 4.10. The van der Waals surface area contributed by atoms with Crippen LogP contribution in [0.25, 0.3) is 90.1 Å². The van der Waals surface area contributed by atoms with Gasteiger partial charge in [0.1, 0.15) is 0 Å². The molecule has 80 heavy (non-hydrogen) atoms. The van der Waals surface area contributed by atoms with Crippen LogP contribution in [0.3, 0.4) is 0 Å². The Morgan fingerprint density at radius 3 is 0.675 bits per heavy atom. The fourth-order valence-corrected chi connectivity index (χ4v) is 7.46. The SMILES string of the molecule is C1CCOC1.F[P-](F)(F)(F)(F)F.F[P-](F)(F)(F)(F)F.[Co+2].c1ccc(-c2ccc(-c3cc(-c4ccccn4)nc(-c4ccccn4)c3)cc2)cc1.c1ccc(-c2ccc(-c3cc(-c4ccccn4)nc(-c4ccccn4)c3)cc2)cc1. The van der Waals surface area contributed by atoms with Crippen LogP contribution < -0.4 is 0 Å². The molecule has 6 aromatic heterocycles. The van der Waals surface area contributed by atoms with Gasteiger partial charge in [0.25, 0.3) is 0 Å². The molecule has 417 valence electrons. The minimum Gasteiger partial charge on any atom is -0.255 e. The first-order valence-corrected chi connectivity index (χ1v) is 27.9. The molecule has 0 atom stereocenters. The molecule has 1 aliphatic rings. The van der Waals surface area contributed by atoms with Crippen LogP contribution in [0, 0.1) is 0 Å². The smallest absolute Gasteiger partial charge is 0.255 e. The van der Waals surface area contributed by atoms with Gasteiger partial charge in [-0.25, -0.2) is 9.97 Å². The van der Waals surface area contributed by atoms with E-state index >= 15 is 0 Å². The number of aromatic nitrogens is 6. The van der Waals surface area contributed by atoms with Crippen LogP contribution in [0.15, 0.2) is 231 Å². The van der Waals surface area contributed by atoms with E-state index in [1.54, 1.807) is 24.8 Å². The summed E-state index contributed by atoms with van der Waals surface area (Å²) in [5.41, 5.74) is 16.0. The molecule has 7 nitrogen and oxygen atoms in total. The minimum absolute atomic E-state index is 0. The fourth-order valence-electron chi connectivity index (χ4n) is 7.46. The number of halogens is 12. The van der Waals surface area contributed by atoms with Crippen LogP contribution in [0.4, 0.5) is 50.4 Å². The third-order valence-corrected chi connectivity index (χ3v) is 10.8. The van der Waals surface area contributed by atoms with E-state index in [2.05, 4.69) is 141 Å². The maximum absolute atomic E-state index is 10.7. The van der Waals surface area contributed by atoms with Gasteiger partial charge in [0.2, 0.25) is 0 Å². The van der Waals surface area contributed by atoms with Crippen molar-refractivity contribution < 1.29 is 71.9 Å². The summed E-state index contributed by atoms with van der Waals surface area (Å²) in [7, 11) is -21.3. The monoisotopic (exact) mass is 1190 g/mol. The summed E-state index contributed by atoms with van der Waals surface area (Å²) >= 11 is 0. The average molecular weight is 1190 g/mol. The van der Waals surface area contributed by atoms with Gasteiger partial charge in [-0.2, -0.15) is 0 Å². The van der Waals surface area contributed by atoms with Crippen molar-refractivity contribution >= 4 is 15.6 Å². The largest absolute Gasteiger partial charge is 2.00 e. The Morgan fingerprint density at radius 1 is 0.263 bits per heavy atom. The predicted molar refractivity (Wildman–Crippen MR) is 290 cm³/mol. The van der Waals surface area contributed by atoms with E-state index in [0.29, 0.717) is 0 Å². The van der Waals surface area contributed by atoms with Crippen LogP contribution in [0.1, 0.15) is 12.8 Å². The number of ether oxygens (including phenoxy) is 1. The van der Waals surface area contributed by atoms with Crippen LogP contribution in [0.5, 0.6) is 0 Å².